The molecule has 0 amide bonds. The van der Waals surface area contributed by atoms with Crippen molar-refractivity contribution < 1.29 is 13.0 Å². The van der Waals surface area contributed by atoms with Crippen molar-refractivity contribution in [3.8, 4) is 21.7 Å². The van der Waals surface area contributed by atoms with Gasteiger partial charge >= 0.3 is 5.69 Å². The quantitative estimate of drug-likeness (QED) is 0.740. The van der Waals surface area contributed by atoms with E-state index < -0.39 is 9.84 Å². The first-order valence-corrected chi connectivity index (χ1v) is 9.59. The summed E-state index contributed by atoms with van der Waals surface area (Å²) < 4.78 is 26.6. The Hall–Kier alpha value is -2.25. The Labute approximate surface area is 137 Å². The maximum absolute atomic E-state index is 12.2. The Balaban J connectivity index is 2.16. The van der Waals surface area contributed by atoms with Crippen LogP contribution in [0.15, 0.2) is 53.4 Å². The highest BCUT2D eigenvalue weighted by molar-refractivity contribution is 7.90. The van der Waals surface area contributed by atoms with Crippen molar-refractivity contribution in [3.63, 3.8) is 0 Å². The van der Waals surface area contributed by atoms with Crippen molar-refractivity contribution in [3.05, 3.63) is 59.0 Å². The van der Waals surface area contributed by atoms with Gasteiger partial charge in [-0.25, -0.2) is 8.42 Å². The monoisotopic (exact) mass is 347 g/mol. The molecule has 3 aromatic rings. The van der Waals surface area contributed by atoms with Crippen LogP contribution in [-0.4, -0.2) is 19.2 Å². The van der Waals surface area contributed by atoms with Crippen LogP contribution in [0.3, 0.4) is 0 Å². The molecule has 0 saturated heterocycles. The molecule has 23 heavy (non-hydrogen) atoms. The van der Waals surface area contributed by atoms with Crippen LogP contribution in [0.4, 0.5) is 0 Å². The van der Waals surface area contributed by atoms with Gasteiger partial charge in [0.2, 0.25) is 0 Å². The molecular formula is C16H15N2O3S2+. The zero-order valence-electron chi connectivity index (χ0n) is 12.6. The van der Waals surface area contributed by atoms with Gasteiger partial charge in [0.15, 0.2) is 14.4 Å². The second kappa shape index (κ2) is 5.75. The predicted molar refractivity (Wildman–Crippen MR) is 90.8 cm³/mol. The molecule has 1 heterocycles. The summed E-state index contributed by atoms with van der Waals surface area (Å²) >= 11 is 1.22. The number of benzene rings is 2. The predicted octanol–water partition coefficient (Wildman–Crippen LogP) is 3.04. The maximum Gasteiger partial charge on any atom is 0.320 e. The number of sulfone groups is 1. The van der Waals surface area contributed by atoms with E-state index in [4.69, 9.17) is 0 Å². The first-order valence-electron chi connectivity index (χ1n) is 6.88. The summed E-state index contributed by atoms with van der Waals surface area (Å²) in [5.41, 5.74) is 3.19. The minimum atomic E-state index is -3.24. The zero-order chi connectivity index (χ0) is 16.6. The third-order valence-electron chi connectivity index (χ3n) is 3.59. The Morgan fingerprint density at radius 1 is 1.04 bits per heavy atom. The third-order valence-corrected chi connectivity index (χ3v) is 5.61. The van der Waals surface area contributed by atoms with E-state index in [1.54, 1.807) is 24.3 Å². The molecule has 0 fully saturated rings. The number of aryl methyl sites for hydroxylation is 1. The van der Waals surface area contributed by atoms with Crippen molar-refractivity contribution >= 4 is 21.4 Å². The van der Waals surface area contributed by atoms with Crippen LogP contribution in [-0.2, 0) is 9.84 Å². The standard InChI is InChI=1S/C16H15N2O3S2/c1-11-5-3-4-6-14(11)15-16(22-17-18(15)19)12-7-9-13(10-8-12)23(2,20)21/h3-10H,1-2H3,(H,17,19)/q+1. The van der Waals surface area contributed by atoms with Crippen molar-refractivity contribution in [2.75, 3.05) is 6.26 Å². The molecule has 7 heteroatoms. The Morgan fingerprint density at radius 2 is 1.70 bits per heavy atom. The van der Waals surface area contributed by atoms with Gasteiger partial charge < -0.3 is 0 Å². The lowest BCUT2D eigenvalue weighted by Crippen LogP contribution is -2.17. The van der Waals surface area contributed by atoms with Gasteiger partial charge in [0.1, 0.15) is 4.88 Å². The fourth-order valence-electron chi connectivity index (χ4n) is 2.39. The average Bonchev–Trinajstić information content (AvgIpc) is 2.89. The third kappa shape index (κ3) is 2.97. The number of H-pyrrole nitrogens is 1. The van der Waals surface area contributed by atoms with Crippen LogP contribution in [0.5, 0.6) is 0 Å². The molecule has 1 aromatic heterocycles. The molecule has 0 saturated carbocycles. The molecule has 2 aromatic carbocycles. The van der Waals surface area contributed by atoms with Crippen LogP contribution in [0.2, 0.25) is 0 Å². The minimum Gasteiger partial charge on any atom is -0.224 e. The van der Waals surface area contributed by atoms with E-state index in [1.165, 1.54) is 17.8 Å². The summed E-state index contributed by atoms with van der Waals surface area (Å²) in [5, 5.41) is 0. The highest BCUT2D eigenvalue weighted by Gasteiger charge is 2.24. The molecule has 1 N–H and O–H groups in total. The fourth-order valence-corrected chi connectivity index (χ4v) is 3.83. The number of nitrogens with one attached hydrogen (secondary N) is 1. The molecule has 0 unspecified atom stereocenters. The van der Waals surface area contributed by atoms with Crippen LogP contribution in [0.25, 0.3) is 21.7 Å². The van der Waals surface area contributed by atoms with E-state index >= 15 is 0 Å². The van der Waals surface area contributed by atoms with Gasteiger partial charge in [0.05, 0.1) is 15.4 Å². The summed E-state index contributed by atoms with van der Waals surface area (Å²) in [5.74, 6) is 0. The normalized spacial score (nSPS) is 11.6. The molecule has 5 nitrogen and oxygen atoms in total. The molecule has 0 aliphatic heterocycles. The molecular weight excluding hydrogens is 332 g/mol. The number of hydrogen-bond donors (Lipinski definition) is 1. The lowest BCUT2D eigenvalue weighted by atomic mass is 10.0. The fraction of sp³-hybridized carbons (Fsp3) is 0.125. The minimum absolute atomic E-state index is 0.259. The molecule has 0 aliphatic rings. The number of aromatic nitrogens is 2. The van der Waals surface area contributed by atoms with E-state index in [-0.39, 0.29) is 4.90 Å². The summed E-state index contributed by atoms with van der Waals surface area (Å²) in [6.07, 6.45) is 1.17. The number of aromatic amines is 1. The Bertz CT molecular complexity index is 1020. The smallest absolute Gasteiger partial charge is 0.224 e. The van der Waals surface area contributed by atoms with E-state index in [0.29, 0.717) is 5.69 Å². The first-order chi connectivity index (χ1) is 10.9. The number of nitrogens with zero attached hydrogens (tertiary/aromatic N) is 1. The maximum atomic E-state index is 12.2. The van der Waals surface area contributed by atoms with Gasteiger partial charge in [0.25, 0.3) is 0 Å². The number of rotatable bonds is 3. The molecule has 0 aliphatic carbocycles. The highest BCUT2D eigenvalue weighted by Crippen LogP contribution is 2.33. The van der Waals surface area contributed by atoms with Crippen LogP contribution in [0.1, 0.15) is 5.56 Å². The molecule has 0 bridgehead atoms. The van der Waals surface area contributed by atoms with E-state index in [2.05, 4.69) is 4.49 Å². The number of hydrogen-bond acceptors (Lipinski definition) is 4. The van der Waals surface area contributed by atoms with Crippen LogP contribution >= 0.6 is 11.5 Å². The van der Waals surface area contributed by atoms with Gasteiger partial charge in [-0.1, -0.05) is 34.8 Å². The van der Waals surface area contributed by atoms with E-state index in [0.717, 1.165) is 26.1 Å². The Kier molecular flexibility index (Phi) is 3.91. The lowest BCUT2D eigenvalue weighted by molar-refractivity contribution is -0.542. The second-order valence-corrected chi connectivity index (χ2v) is 8.09. The summed E-state index contributed by atoms with van der Waals surface area (Å²) in [6.45, 7) is 1.95. The van der Waals surface area contributed by atoms with Crippen LogP contribution < -0.4 is 4.54 Å². The summed E-state index contributed by atoms with van der Waals surface area (Å²) in [6, 6.07) is 14.2. The first kappa shape index (κ1) is 15.6. The molecule has 3 rings (SSSR count). The lowest BCUT2D eigenvalue weighted by Gasteiger charge is -2.02. The van der Waals surface area contributed by atoms with Gasteiger partial charge in [-0.15, -0.1) is 0 Å². The highest BCUT2D eigenvalue weighted by atomic mass is 32.2. The summed E-state index contributed by atoms with van der Waals surface area (Å²) in [4.78, 5) is 13.2. The summed E-state index contributed by atoms with van der Waals surface area (Å²) in [7, 11) is -3.24. The van der Waals surface area contributed by atoms with E-state index in [1.807, 2.05) is 31.2 Å². The van der Waals surface area contributed by atoms with Gasteiger partial charge in [-0.3, -0.25) is 0 Å². The van der Waals surface area contributed by atoms with E-state index in [9.17, 15) is 13.3 Å². The molecule has 0 radical (unpaired) electrons. The van der Waals surface area contributed by atoms with Crippen molar-refractivity contribution in [2.24, 2.45) is 0 Å². The second-order valence-electron chi connectivity index (χ2n) is 5.28. The topological polar surface area (TPSA) is 72.9 Å². The Morgan fingerprint density at radius 3 is 2.30 bits per heavy atom. The van der Waals surface area contributed by atoms with Crippen molar-refractivity contribution in [2.45, 2.75) is 11.8 Å². The van der Waals surface area contributed by atoms with Gasteiger partial charge in [-0.05, 0) is 30.7 Å². The molecule has 118 valence electrons. The zero-order valence-corrected chi connectivity index (χ0v) is 14.2. The molecule has 0 spiro atoms. The average molecular weight is 347 g/mol. The van der Waals surface area contributed by atoms with Gasteiger partial charge in [-0.2, -0.15) is 0 Å². The van der Waals surface area contributed by atoms with Crippen molar-refractivity contribution in [1.82, 2.24) is 4.49 Å². The van der Waals surface area contributed by atoms with Crippen molar-refractivity contribution in [1.29, 1.82) is 0 Å². The van der Waals surface area contributed by atoms with Gasteiger partial charge in [0, 0.05) is 23.4 Å². The SMILES string of the molecule is Cc1ccccc1-c1c(-c2ccc(S(C)(=O)=O)cc2)s[nH][n+]1=O. The largest absolute Gasteiger partial charge is 0.320 e. The molecule has 0 atom stereocenters. The van der Waals surface area contributed by atoms with Crippen LogP contribution in [0, 0.1) is 11.8 Å².